The number of amides is 1. The molecule has 1 amide bonds. The van der Waals surface area contributed by atoms with Gasteiger partial charge in [0.25, 0.3) is 5.91 Å². The standard InChI is InChI=1S/C16H12FN3OS/c17-12-8-6-11(7-9-12)14(21)20-15-13(19-16(18)22-15)10-4-2-1-3-5-10/h1-9H,(H2,18,19)(H,20,21). The summed E-state index contributed by atoms with van der Waals surface area (Å²) in [6.45, 7) is 0. The Hall–Kier alpha value is -2.73. The highest BCUT2D eigenvalue weighted by Crippen LogP contribution is 2.34. The lowest BCUT2D eigenvalue weighted by molar-refractivity contribution is 0.102. The first-order chi connectivity index (χ1) is 10.6. The van der Waals surface area contributed by atoms with Crippen LogP contribution in [0.5, 0.6) is 0 Å². The molecule has 2 aromatic carbocycles. The van der Waals surface area contributed by atoms with E-state index in [1.54, 1.807) is 0 Å². The van der Waals surface area contributed by atoms with E-state index < -0.39 is 0 Å². The number of aromatic nitrogens is 1. The molecule has 0 fully saturated rings. The maximum Gasteiger partial charge on any atom is 0.256 e. The SMILES string of the molecule is Nc1nc(-c2ccccc2)c(NC(=O)c2ccc(F)cc2)s1. The molecular weight excluding hydrogens is 301 g/mol. The van der Waals surface area contributed by atoms with Gasteiger partial charge in [0.1, 0.15) is 16.5 Å². The lowest BCUT2D eigenvalue weighted by Gasteiger charge is -2.05. The molecule has 110 valence electrons. The Morgan fingerprint density at radius 3 is 2.45 bits per heavy atom. The number of halogens is 1. The molecule has 0 aliphatic carbocycles. The predicted octanol–water partition coefficient (Wildman–Crippen LogP) is 3.78. The molecule has 1 aromatic heterocycles. The van der Waals surface area contributed by atoms with E-state index in [0.717, 1.165) is 5.56 Å². The minimum absolute atomic E-state index is 0.333. The van der Waals surface area contributed by atoms with Gasteiger partial charge in [-0.15, -0.1) is 0 Å². The van der Waals surface area contributed by atoms with Crippen LogP contribution in [0.2, 0.25) is 0 Å². The second-order valence-corrected chi connectivity index (χ2v) is 5.59. The van der Waals surface area contributed by atoms with Gasteiger partial charge >= 0.3 is 0 Å². The molecule has 0 saturated heterocycles. The number of carbonyl (C=O) groups excluding carboxylic acids is 1. The Morgan fingerprint density at radius 2 is 1.77 bits per heavy atom. The molecule has 0 saturated carbocycles. The summed E-state index contributed by atoms with van der Waals surface area (Å²) in [5.41, 5.74) is 7.61. The first-order valence-corrected chi connectivity index (χ1v) is 7.34. The zero-order valence-corrected chi connectivity index (χ0v) is 12.2. The first kappa shape index (κ1) is 14.2. The minimum atomic E-state index is -0.386. The molecule has 0 aliphatic heterocycles. The summed E-state index contributed by atoms with van der Waals surface area (Å²) in [7, 11) is 0. The van der Waals surface area contributed by atoms with Gasteiger partial charge in [0.15, 0.2) is 5.13 Å². The zero-order chi connectivity index (χ0) is 15.5. The average Bonchev–Trinajstić information content (AvgIpc) is 2.89. The van der Waals surface area contributed by atoms with Crippen LogP contribution in [-0.4, -0.2) is 10.9 Å². The first-order valence-electron chi connectivity index (χ1n) is 6.52. The molecule has 0 atom stereocenters. The van der Waals surface area contributed by atoms with Crippen LogP contribution in [0.15, 0.2) is 54.6 Å². The van der Waals surface area contributed by atoms with Crippen molar-refractivity contribution < 1.29 is 9.18 Å². The summed E-state index contributed by atoms with van der Waals surface area (Å²) in [6, 6.07) is 14.8. The maximum atomic E-state index is 12.9. The average molecular weight is 313 g/mol. The topological polar surface area (TPSA) is 68.0 Å². The van der Waals surface area contributed by atoms with E-state index >= 15 is 0 Å². The van der Waals surface area contributed by atoms with Gasteiger partial charge in [0.05, 0.1) is 0 Å². The third-order valence-corrected chi connectivity index (χ3v) is 3.82. The highest BCUT2D eigenvalue weighted by atomic mass is 32.1. The van der Waals surface area contributed by atoms with Crippen LogP contribution in [0.4, 0.5) is 14.5 Å². The predicted molar refractivity (Wildman–Crippen MR) is 86.3 cm³/mol. The van der Waals surface area contributed by atoms with Gasteiger partial charge < -0.3 is 11.1 Å². The molecule has 0 spiro atoms. The largest absolute Gasteiger partial charge is 0.375 e. The number of rotatable bonds is 3. The summed E-state index contributed by atoms with van der Waals surface area (Å²) in [6.07, 6.45) is 0. The minimum Gasteiger partial charge on any atom is -0.375 e. The van der Waals surface area contributed by atoms with Crippen LogP contribution in [0, 0.1) is 5.82 Å². The number of nitrogens with one attached hydrogen (secondary N) is 1. The van der Waals surface area contributed by atoms with Gasteiger partial charge in [0, 0.05) is 11.1 Å². The van der Waals surface area contributed by atoms with Crippen molar-refractivity contribution in [3.63, 3.8) is 0 Å². The number of thiazole rings is 1. The van der Waals surface area contributed by atoms with E-state index in [0.29, 0.717) is 21.4 Å². The molecule has 1 heterocycles. The molecule has 0 bridgehead atoms. The summed E-state index contributed by atoms with van der Waals surface area (Å²) < 4.78 is 12.9. The number of anilines is 2. The number of hydrogen-bond donors (Lipinski definition) is 2. The van der Waals surface area contributed by atoms with Crippen molar-refractivity contribution in [2.24, 2.45) is 0 Å². The van der Waals surface area contributed by atoms with Crippen molar-refractivity contribution in [3.8, 4) is 11.3 Å². The molecule has 0 unspecified atom stereocenters. The van der Waals surface area contributed by atoms with Crippen LogP contribution in [0.1, 0.15) is 10.4 Å². The highest BCUT2D eigenvalue weighted by Gasteiger charge is 2.15. The van der Waals surface area contributed by atoms with Crippen LogP contribution in [-0.2, 0) is 0 Å². The monoisotopic (exact) mass is 313 g/mol. The van der Waals surface area contributed by atoms with Gasteiger partial charge in [-0.25, -0.2) is 9.37 Å². The Bertz CT molecular complexity index is 800. The maximum absolute atomic E-state index is 12.9. The van der Waals surface area contributed by atoms with Crippen LogP contribution < -0.4 is 11.1 Å². The second kappa shape index (κ2) is 5.95. The van der Waals surface area contributed by atoms with E-state index in [4.69, 9.17) is 5.73 Å². The second-order valence-electron chi connectivity index (χ2n) is 4.56. The molecule has 6 heteroatoms. The fourth-order valence-electron chi connectivity index (χ4n) is 1.99. The molecule has 3 aromatic rings. The quantitative estimate of drug-likeness (QED) is 0.773. The Balaban J connectivity index is 1.90. The van der Waals surface area contributed by atoms with Crippen molar-refractivity contribution >= 4 is 27.4 Å². The molecule has 0 radical (unpaired) electrons. The Kier molecular flexibility index (Phi) is 3.84. The fraction of sp³-hybridized carbons (Fsp3) is 0. The normalized spacial score (nSPS) is 10.4. The van der Waals surface area contributed by atoms with E-state index in [2.05, 4.69) is 10.3 Å². The third kappa shape index (κ3) is 2.96. The zero-order valence-electron chi connectivity index (χ0n) is 11.4. The van der Waals surface area contributed by atoms with E-state index in [1.165, 1.54) is 35.6 Å². The van der Waals surface area contributed by atoms with Crippen molar-refractivity contribution in [3.05, 3.63) is 66.0 Å². The number of nitrogens with two attached hydrogens (primary N) is 1. The lowest BCUT2D eigenvalue weighted by Crippen LogP contribution is -2.11. The highest BCUT2D eigenvalue weighted by molar-refractivity contribution is 7.20. The van der Waals surface area contributed by atoms with Crippen LogP contribution in [0.3, 0.4) is 0 Å². The molecule has 0 aliphatic rings. The molecule has 3 rings (SSSR count). The molecular formula is C16H12FN3OS. The number of hydrogen-bond acceptors (Lipinski definition) is 4. The molecule has 4 nitrogen and oxygen atoms in total. The van der Waals surface area contributed by atoms with Gasteiger partial charge in [-0.05, 0) is 24.3 Å². The number of carbonyl (C=O) groups is 1. The van der Waals surface area contributed by atoms with Gasteiger partial charge in [-0.2, -0.15) is 0 Å². The van der Waals surface area contributed by atoms with Gasteiger partial charge in [0.2, 0.25) is 0 Å². The number of nitrogens with zero attached hydrogens (tertiary/aromatic N) is 1. The van der Waals surface area contributed by atoms with Gasteiger partial charge in [-0.1, -0.05) is 41.7 Å². The lowest BCUT2D eigenvalue weighted by atomic mass is 10.1. The molecule has 22 heavy (non-hydrogen) atoms. The summed E-state index contributed by atoms with van der Waals surface area (Å²) in [4.78, 5) is 16.5. The summed E-state index contributed by atoms with van der Waals surface area (Å²) in [5, 5.41) is 3.72. The smallest absolute Gasteiger partial charge is 0.256 e. The molecule has 3 N–H and O–H groups in total. The number of benzene rings is 2. The van der Waals surface area contributed by atoms with E-state index in [1.807, 2.05) is 30.3 Å². The third-order valence-electron chi connectivity index (χ3n) is 3.02. The van der Waals surface area contributed by atoms with Crippen molar-refractivity contribution in [2.45, 2.75) is 0 Å². The van der Waals surface area contributed by atoms with Crippen molar-refractivity contribution in [1.29, 1.82) is 0 Å². The van der Waals surface area contributed by atoms with Crippen LogP contribution in [0.25, 0.3) is 11.3 Å². The van der Waals surface area contributed by atoms with E-state index in [9.17, 15) is 9.18 Å². The van der Waals surface area contributed by atoms with Crippen LogP contribution >= 0.6 is 11.3 Å². The Morgan fingerprint density at radius 1 is 1.09 bits per heavy atom. The van der Waals surface area contributed by atoms with E-state index in [-0.39, 0.29) is 11.7 Å². The number of nitrogen functional groups attached to an aromatic ring is 1. The van der Waals surface area contributed by atoms with Crippen molar-refractivity contribution in [2.75, 3.05) is 11.1 Å². The summed E-state index contributed by atoms with van der Waals surface area (Å²) >= 11 is 1.20. The Labute approximate surface area is 130 Å². The summed E-state index contributed by atoms with van der Waals surface area (Å²) in [5.74, 6) is -0.718. The van der Waals surface area contributed by atoms with Crippen molar-refractivity contribution in [1.82, 2.24) is 4.98 Å². The van der Waals surface area contributed by atoms with Gasteiger partial charge in [-0.3, -0.25) is 4.79 Å². The fourth-order valence-corrected chi connectivity index (χ4v) is 2.74.